The first kappa shape index (κ1) is 15.6. The summed E-state index contributed by atoms with van der Waals surface area (Å²) in [5, 5.41) is 4.14. The summed E-state index contributed by atoms with van der Waals surface area (Å²) >= 11 is 6.06. The lowest BCUT2D eigenvalue weighted by Crippen LogP contribution is -2.34. The predicted molar refractivity (Wildman–Crippen MR) is 91.4 cm³/mol. The molecule has 23 heavy (non-hydrogen) atoms. The van der Waals surface area contributed by atoms with Crippen LogP contribution in [0.25, 0.3) is 10.9 Å². The van der Waals surface area contributed by atoms with Crippen molar-refractivity contribution in [2.24, 2.45) is 0 Å². The third-order valence-electron chi connectivity index (χ3n) is 4.01. The second-order valence-corrected chi connectivity index (χ2v) is 6.39. The lowest BCUT2D eigenvalue weighted by atomic mass is 9.83. The number of nitrogens with one attached hydrogen (secondary N) is 2. The van der Waals surface area contributed by atoms with Crippen molar-refractivity contribution in [1.82, 2.24) is 4.98 Å². The number of H-pyrrole nitrogens is 1. The quantitative estimate of drug-likeness (QED) is 0.706. The first-order chi connectivity index (χ1) is 10.9. The van der Waals surface area contributed by atoms with Gasteiger partial charge in [0.15, 0.2) is 0 Å². The van der Waals surface area contributed by atoms with Crippen LogP contribution in [0.4, 0.5) is 10.1 Å². The van der Waals surface area contributed by atoms with Crippen LogP contribution in [-0.2, 0) is 10.2 Å². The van der Waals surface area contributed by atoms with Crippen LogP contribution in [0.5, 0.6) is 0 Å². The molecule has 1 amide bonds. The van der Waals surface area contributed by atoms with Crippen LogP contribution in [-0.4, -0.2) is 10.9 Å². The van der Waals surface area contributed by atoms with Gasteiger partial charge in [-0.2, -0.15) is 0 Å². The van der Waals surface area contributed by atoms with Gasteiger partial charge in [-0.1, -0.05) is 23.7 Å². The zero-order valence-corrected chi connectivity index (χ0v) is 13.5. The minimum absolute atomic E-state index is 0.170. The van der Waals surface area contributed by atoms with Gasteiger partial charge in [0, 0.05) is 22.1 Å². The highest BCUT2D eigenvalue weighted by atomic mass is 35.5. The van der Waals surface area contributed by atoms with Gasteiger partial charge >= 0.3 is 0 Å². The molecule has 118 valence electrons. The SMILES string of the molecule is CC(C)(C(=O)Nc1ccccc1F)c1c[nH]c2ccc(Cl)cc12. The lowest BCUT2D eigenvalue weighted by molar-refractivity contribution is -0.120. The van der Waals surface area contributed by atoms with E-state index in [1.807, 2.05) is 12.1 Å². The van der Waals surface area contributed by atoms with Crippen molar-refractivity contribution in [3.63, 3.8) is 0 Å². The van der Waals surface area contributed by atoms with E-state index >= 15 is 0 Å². The van der Waals surface area contributed by atoms with Crippen molar-refractivity contribution in [2.75, 3.05) is 5.32 Å². The molecular weight excluding hydrogens is 315 g/mol. The molecule has 0 aliphatic carbocycles. The second-order valence-electron chi connectivity index (χ2n) is 5.95. The van der Waals surface area contributed by atoms with Gasteiger partial charge < -0.3 is 10.3 Å². The highest BCUT2D eigenvalue weighted by Gasteiger charge is 2.32. The Hall–Kier alpha value is -2.33. The molecule has 0 saturated heterocycles. The average Bonchev–Trinajstić information content (AvgIpc) is 2.93. The van der Waals surface area contributed by atoms with Crippen LogP contribution >= 0.6 is 11.6 Å². The molecule has 2 aromatic carbocycles. The fourth-order valence-electron chi connectivity index (χ4n) is 2.57. The minimum atomic E-state index is -0.856. The summed E-state index contributed by atoms with van der Waals surface area (Å²) in [6.45, 7) is 3.60. The van der Waals surface area contributed by atoms with Crippen molar-refractivity contribution >= 4 is 34.1 Å². The van der Waals surface area contributed by atoms with Gasteiger partial charge in [-0.3, -0.25) is 4.79 Å². The molecule has 0 aliphatic rings. The van der Waals surface area contributed by atoms with E-state index in [1.165, 1.54) is 12.1 Å². The summed E-state index contributed by atoms with van der Waals surface area (Å²) in [5.74, 6) is -0.748. The fourth-order valence-corrected chi connectivity index (χ4v) is 2.75. The molecule has 0 fully saturated rings. The first-order valence-corrected chi connectivity index (χ1v) is 7.60. The van der Waals surface area contributed by atoms with E-state index in [4.69, 9.17) is 11.6 Å². The van der Waals surface area contributed by atoms with E-state index in [0.717, 1.165) is 16.5 Å². The number of amides is 1. The molecule has 3 aromatic rings. The zero-order valence-electron chi connectivity index (χ0n) is 12.8. The Kier molecular flexibility index (Phi) is 3.86. The fraction of sp³-hybridized carbons (Fsp3) is 0.167. The van der Waals surface area contributed by atoms with Gasteiger partial charge in [0.25, 0.3) is 0 Å². The molecule has 3 nitrogen and oxygen atoms in total. The molecule has 1 heterocycles. The Labute approximate surface area is 138 Å². The van der Waals surface area contributed by atoms with Gasteiger partial charge in [0.2, 0.25) is 5.91 Å². The summed E-state index contributed by atoms with van der Waals surface area (Å²) in [7, 11) is 0. The maximum Gasteiger partial charge on any atom is 0.234 e. The largest absolute Gasteiger partial charge is 0.361 e. The third-order valence-corrected chi connectivity index (χ3v) is 4.24. The van der Waals surface area contributed by atoms with E-state index in [2.05, 4.69) is 10.3 Å². The molecule has 0 spiro atoms. The zero-order chi connectivity index (χ0) is 16.6. The Bertz CT molecular complexity index is 886. The normalized spacial score (nSPS) is 11.7. The van der Waals surface area contributed by atoms with E-state index in [-0.39, 0.29) is 11.6 Å². The summed E-state index contributed by atoms with van der Waals surface area (Å²) < 4.78 is 13.7. The van der Waals surface area contributed by atoms with E-state index in [0.29, 0.717) is 5.02 Å². The van der Waals surface area contributed by atoms with E-state index in [1.54, 1.807) is 38.2 Å². The number of carbonyl (C=O) groups excluding carboxylic acids is 1. The summed E-state index contributed by atoms with van der Waals surface area (Å²) in [6.07, 6.45) is 1.79. The Balaban J connectivity index is 1.98. The highest BCUT2D eigenvalue weighted by molar-refractivity contribution is 6.31. The Morgan fingerprint density at radius 3 is 2.70 bits per heavy atom. The number of aromatic amines is 1. The van der Waals surface area contributed by atoms with Gasteiger partial charge in [-0.15, -0.1) is 0 Å². The molecule has 0 saturated carbocycles. The number of halogens is 2. The molecule has 5 heteroatoms. The van der Waals surface area contributed by atoms with Gasteiger partial charge in [-0.25, -0.2) is 4.39 Å². The number of fused-ring (bicyclic) bond motifs is 1. The van der Waals surface area contributed by atoms with Crippen LogP contribution in [0.1, 0.15) is 19.4 Å². The van der Waals surface area contributed by atoms with Crippen molar-refractivity contribution in [3.05, 3.63) is 65.1 Å². The summed E-state index contributed by atoms with van der Waals surface area (Å²) in [4.78, 5) is 15.8. The average molecular weight is 331 g/mol. The maximum absolute atomic E-state index is 13.7. The van der Waals surface area contributed by atoms with Crippen molar-refractivity contribution in [1.29, 1.82) is 0 Å². The van der Waals surface area contributed by atoms with Crippen molar-refractivity contribution in [3.8, 4) is 0 Å². The topological polar surface area (TPSA) is 44.9 Å². The number of benzene rings is 2. The van der Waals surface area contributed by atoms with E-state index in [9.17, 15) is 9.18 Å². The highest BCUT2D eigenvalue weighted by Crippen LogP contribution is 2.33. The third kappa shape index (κ3) is 2.82. The number of para-hydroxylation sites is 1. The Morgan fingerprint density at radius 2 is 1.96 bits per heavy atom. The molecule has 2 N–H and O–H groups in total. The molecular formula is C18H16ClFN2O. The minimum Gasteiger partial charge on any atom is -0.361 e. The molecule has 0 bridgehead atoms. The van der Waals surface area contributed by atoms with Crippen LogP contribution < -0.4 is 5.32 Å². The number of carbonyl (C=O) groups is 1. The maximum atomic E-state index is 13.7. The number of rotatable bonds is 3. The van der Waals surface area contributed by atoms with Gasteiger partial charge in [0.05, 0.1) is 11.1 Å². The van der Waals surface area contributed by atoms with Crippen LogP contribution in [0.2, 0.25) is 5.02 Å². The van der Waals surface area contributed by atoms with Gasteiger partial charge in [0.1, 0.15) is 5.82 Å². The molecule has 0 aliphatic heterocycles. The summed E-state index contributed by atoms with van der Waals surface area (Å²) in [5.41, 5.74) is 1.02. The number of anilines is 1. The monoisotopic (exact) mass is 330 g/mol. The molecule has 1 aromatic heterocycles. The van der Waals surface area contributed by atoms with Crippen LogP contribution in [0, 0.1) is 5.82 Å². The molecule has 0 radical (unpaired) electrons. The van der Waals surface area contributed by atoms with Crippen molar-refractivity contribution in [2.45, 2.75) is 19.3 Å². The second kappa shape index (κ2) is 5.70. The van der Waals surface area contributed by atoms with Gasteiger partial charge in [-0.05, 0) is 49.7 Å². The lowest BCUT2D eigenvalue weighted by Gasteiger charge is -2.23. The van der Waals surface area contributed by atoms with Crippen molar-refractivity contribution < 1.29 is 9.18 Å². The predicted octanol–water partition coefficient (Wildman–Crippen LogP) is 4.88. The first-order valence-electron chi connectivity index (χ1n) is 7.22. The molecule has 0 unspecified atom stereocenters. The number of aromatic nitrogens is 1. The smallest absolute Gasteiger partial charge is 0.234 e. The van der Waals surface area contributed by atoms with Crippen LogP contribution in [0.15, 0.2) is 48.7 Å². The number of hydrogen-bond acceptors (Lipinski definition) is 1. The van der Waals surface area contributed by atoms with Crippen LogP contribution in [0.3, 0.4) is 0 Å². The standard InChI is InChI=1S/C18H16ClFN2O/c1-18(2,17(23)22-16-6-4-3-5-14(16)20)13-10-21-15-8-7-11(19)9-12(13)15/h3-10,21H,1-2H3,(H,22,23). The summed E-state index contributed by atoms with van der Waals surface area (Å²) in [6, 6.07) is 11.6. The van der Waals surface area contributed by atoms with E-state index < -0.39 is 11.2 Å². The number of hydrogen-bond donors (Lipinski definition) is 2. The molecule has 0 atom stereocenters. The molecule has 3 rings (SSSR count). The Morgan fingerprint density at radius 1 is 1.22 bits per heavy atom.